The second-order valence-corrected chi connectivity index (χ2v) is 5.69. The lowest BCUT2D eigenvalue weighted by Crippen LogP contribution is -2.56. The van der Waals surface area contributed by atoms with Gasteiger partial charge in [-0.05, 0) is 19.8 Å². The first-order valence-corrected chi connectivity index (χ1v) is 8.09. The number of piperazine rings is 1. The van der Waals surface area contributed by atoms with Crippen molar-refractivity contribution >= 4 is 5.91 Å². The number of nitrogens with zero attached hydrogens (tertiary/aromatic N) is 2. The normalized spacial score (nSPS) is 20.6. The van der Waals surface area contributed by atoms with Gasteiger partial charge in [-0.2, -0.15) is 0 Å². The van der Waals surface area contributed by atoms with Crippen LogP contribution in [0.4, 0.5) is 0 Å². The molecule has 2 unspecified atom stereocenters. The molecule has 1 amide bonds. The van der Waals surface area contributed by atoms with Gasteiger partial charge in [-0.15, -0.1) is 0 Å². The zero-order valence-corrected chi connectivity index (χ0v) is 13.4. The molecule has 0 saturated carbocycles. The van der Waals surface area contributed by atoms with Crippen LogP contribution < -0.4 is 11.1 Å². The third-order valence-electron chi connectivity index (χ3n) is 4.37. The number of carbonyl (C=O) groups excluding carboxylic acids is 1. The molecule has 0 aromatic heterocycles. The van der Waals surface area contributed by atoms with Crippen LogP contribution in [-0.4, -0.2) is 67.1 Å². The molecule has 1 fully saturated rings. The smallest absolute Gasteiger partial charge is 0.237 e. The second-order valence-electron chi connectivity index (χ2n) is 5.69. The summed E-state index contributed by atoms with van der Waals surface area (Å²) in [6.07, 6.45) is 3.27. The number of nitrogens with two attached hydrogens (primary N) is 1. The quantitative estimate of drug-likeness (QED) is 0.642. The Morgan fingerprint density at radius 2 is 1.80 bits per heavy atom. The molecule has 1 saturated heterocycles. The summed E-state index contributed by atoms with van der Waals surface area (Å²) in [5.74, 6) is 0.165. The molecule has 2 atom stereocenters. The fraction of sp³-hybridized carbons (Fsp3) is 0.933. The van der Waals surface area contributed by atoms with Crippen molar-refractivity contribution in [3.05, 3.63) is 0 Å². The van der Waals surface area contributed by atoms with E-state index in [0.29, 0.717) is 6.04 Å². The highest BCUT2D eigenvalue weighted by Gasteiger charge is 2.27. The number of nitrogens with one attached hydrogen (secondary N) is 1. The van der Waals surface area contributed by atoms with E-state index >= 15 is 0 Å². The first-order valence-electron chi connectivity index (χ1n) is 8.09. The molecule has 118 valence electrons. The van der Waals surface area contributed by atoms with Gasteiger partial charge >= 0.3 is 0 Å². The van der Waals surface area contributed by atoms with Crippen molar-refractivity contribution in [3.8, 4) is 0 Å². The van der Waals surface area contributed by atoms with E-state index < -0.39 is 0 Å². The van der Waals surface area contributed by atoms with Gasteiger partial charge in [-0.3, -0.25) is 14.6 Å². The van der Waals surface area contributed by atoms with Crippen molar-refractivity contribution in [2.45, 2.75) is 52.1 Å². The predicted octanol–water partition coefficient (Wildman–Crippen LogP) is 0.646. The summed E-state index contributed by atoms with van der Waals surface area (Å²) in [4.78, 5) is 16.8. The number of hydrogen-bond donors (Lipinski definition) is 2. The van der Waals surface area contributed by atoms with Crippen molar-refractivity contribution in [2.75, 3.05) is 39.3 Å². The average molecular weight is 284 g/mol. The summed E-state index contributed by atoms with van der Waals surface area (Å²) in [6.45, 7) is 11.8. The maximum atomic E-state index is 12.1. The largest absolute Gasteiger partial charge is 0.355 e. The number of carbonyl (C=O) groups is 1. The molecule has 0 aliphatic carbocycles. The van der Waals surface area contributed by atoms with Crippen LogP contribution in [0, 0.1) is 0 Å². The van der Waals surface area contributed by atoms with E-state index in [9.17, 15) is 4.79 Å². The Morgan fingerprint density at radius 3 is 2.30 bits per heavy atom. The van der Waals surface area contributed by atoms with E-state index in [1.54, 1.807) is 0 Å². The molecule has 5 nitrogen and oxygen atoms in total. The average Bonchev–Trinajstić information content (AvgIpc) is 2.48. The Hall–Kier alpha value is -0.650. The molecular formula is C15H32N4O. The lowest BCUT2D eigenvalue weighted by atomic mass is 10.1. The Balaban J connectivity index is 2.34. The molecule has 1 rings (SSSR count). The summed E-state index contributed by atoms with van der Waals surface area (Å²) in [5, 5.41) is 3.02. The first-order chi connectivity index (χ1) is 9.63. The lowest BCUT2D eigenvalue weighted by molar-refractivity contribution is -0.126. The number of unbranched alkanes of at least 4 members (excludes halogenated alkanes) is 1. The van der Waals surface area contributed by atoms with E-state index in [4.69, 9.17) is 5.73 Å². The first kappa shape index (κ1) is 17.4. The van der Waals surface area contributed by atoms with Crippen LogP contribution in [0.3, 0.4) is 0 Å². The molecule has 0 bridgehead atoms. The number of hydrogen-bond acceptors (Lipinski definition) is 4. The van der Waals surface area contributed by atoms with Crippen LogP contribution >= 0.6 is 0 Å². The van der Waals surface area contributed by atoms with Crippen LogP contribution in [0.1, 0.15) is 40.0 Å². The van der Waals surface area contributed by atoms with Gasteiger partial charge in [-0.1, -0.05) is 20.3 Å². The van der Waals surface area contributed by atoms with Gasteiger partial charge in [0.05, 0.1) is 6.04 Å². The SMILES string of the molecule is CCCCNC(=O)C(C)N1CCN(C(CC)CN)CC1. The fourth-order valence-corrected chi connectivity index (χ4v) is 2.77. The summed E-state index contributed by atoms with van der Waals surface area (Å²) in [5.41, 5.74) is 5.81. The summed E-state index contributed by atoms with van der Waals surface area (Å²) < 4.78 is 0. The molecule has 1 heterocycles. The molecule has 0 radical (unpaired) electrons. The Labute approximate surface area is 123 Å². The highest BCUT2D eigenvalue weighted by atomic mass is 16.2. The molecule has 0 spiro atoms. The minimum Gasteiger partial charge on any atom is -0.355 e. The van der Waals surface area contributed by atoms with Crippen molar-refractivity contribution in [3.63, 3.8) is 0 Å². The minimum atomic E-state index is -0.0213. The van der Waals surface area contributed by atoms with Crippen LogP contribution in [0.15, 0.2) is 0 Å². The number of rotatable bonds is 8. The van der Waals surface area contributed by atoms with Crippen LogP contribution in [-0.2, 0) is 4.79 Å². The van der Waals surface area contributed by atoms with Crippen molar-refractivity contribution < 1.29 is 4.79 Å². The monoisotopic (exact) mass is 284 g/mol. The Morgan fingerprint density at radius 1 is 1.20 bits per heavy atom. The Bertz CT molecular complexity index is 273. The minimum absolute atomic E-state index is 0.0213. The topological polar surface area (TPSA) is 61.6 Å². The highest BCUT2D eigenvalue weighted by Crippen LogP contribution is 2.11. The fourth-order valence-electron chi connectivity index (χ4n) is 2.77. The summed E-state index contributed by atoms with van der Waals surface area (Å²) in [7, 11) is 0. The summed E-state index contributed by atoms with van der Waals surface area (Å²) >= 11 is 0. The van der Waals surface area contributed by atoms with Gasteiger partial charge in [-0.25, -0.2) is 0 Å². The van der Waals surface area contributed by atoms with E-state index in [1.807, 2.05) is 6.92 Å². The number of amides is 1. The van der Waals surface area contributed by atoms with Crippen LogP contribution in [0.5, 0.6) is 0 Å². The van der Waals surface area contributed by atoms with Crippen molar-refractivity contribution in [1.82, 2.24) is 15.1 Å². The van der Waals surface area contributed by atoms with Crippen molar-refractivity contribution in [1.29, 1.82) is 0 Å². The van der Waals surface area contributed by atoms with E-state index in [1.165, 1.54) is 0 Å². The molecule has 20 heavy (non-hydrogen) atoms. The third kappa shape index (κ3) is 5.04. The van der Waals surface area contributed by atoms with Crippen LogP contribution in [0.2, 0.25) is 0 Å². The van der Waals surface area contributed by atoms with E-state index in [0.717, 1.165) is 58.5 Å². The van der Waals surface area contributed by atoms with Gasteiger partial charge in [0.1, 0.15) is 0 Å². The molecule has 0 aromatic rings. The maximum absolute atomic E-state index is 12.1. The van der Waals surface area contributed by atoms with Crippen LogP contribution in [0.25, 0.3) is 0 Å². The summed E-state index contributed by atoms with van der Waals surface area (Å²) in [6, 6.07) is 0.470. The predicted molar refractivity (Wildman–Crippen MR) is 83.7 cm³/mol. The molecule has 1 aliphatic heterocycles. The maximum Gasteiger partial charge on any atom is 0.237 e. The van der Waals surface area contributed by atoms with Crippen molar-refractivity contribution in [2.24, 2.45) is 5.73 Å². The van der Waals surface area contributed by atoms with E-state index in [2.05, 4.69) is 29.0 Å². The van der Waals surface area contributed by atoms with Gasteiger partial charge in [0.25, 0.3) is 0 Å². The van der Waals surface area contributed by atoms with E-state index in [-0.39, 0.29) is 11.9 Å². The zero-order chi connectivity index (χ0) is 15.0. The van der Waals surface area contributed by atoms with Gasteiger partial charge < -0.3 is 11.1 Å². The zero-order valence-electron chi connectivity index (χ0n) is 13.4. The molecule has 1 aliphatic rings. The lowest BCUT2D eigenvalue weighted by Gasteiger charge is -2.40. The second kappa shape index (κ2) is 9.32. The van der Waals surface area contributed by atoms with Gasteiger partial charge in [0.15, 0.2) is 0 Å². The molecule has 3 N–H and O–H groups in total. The molecule has 5 heteroatoms. The molecule has 0 aromatic carbocycles. The standard InChI is InChI=1S/C15H32N4O/c1-4-6-7-17-15(20)13(3)18-8-10-19(11-9-18)14(5-2)12-16/h13-14H,4-12,16H2,1-3H3,(H,17,20). The van der Waals surface area contributed by atoms with Gasteiger partial charge in [0.2, 0.25) is 5.91 Å². The van der Waals surface area contributed by atoms with Gasteiger partial charge in [0, 0.05) is 45.3 Å². The highest BCUT2D eigenvalue weighted by molar-refractivity contribution is 5.81. The third-order valence-corrected chi connectivity index (χ3v) is 4.37. The Kier molecular flexibility index (Phi) is 8.11. The molecular weight excluding hydrogens is 252 g/mol.